The third kappa shape index (κ3) is 5.16. The van der Waals surface area contributed by atoms with Gasteiger partial charge in [0.1, 0.15) is 18.2 Å². The molecule has 1 saturated heterocycles. The van der Waals surface area contributed by atoms with Crippen molar-refractivity contribution in [2.24, 2.45) is 11.8 Å². The number of halogens is 1. The van der Waals surface area contributed by atoms with Gasteiger partial charge in [-0.3, -0.25) is 4.90 Å². The molecule has 0 aromatic heterocycles. The van der Waals surface area contributed by atoms with Crippen LogP contribution in [0.4, 0.5) is 14.9 Å². The van der Waals surface area contributed by atoms with Gasteiger partial charge >= 0.3 is 6.03 Å². The fourth-order valence-electron chi connectivity index (χ4n) is 6.00. The average Bonchev–Trinajstić information content (AvgIpc) is 3.51. The number of hydrogen-bond donors (Lipinski definition) is 1. The molecule has 2 aromatic carbocycles. The predicted molar refractivity (Wildman–Crippen MR) is 132 cm³/mol. The molecule has 35 heavy (non-hydrogen) atoms. The van der Waals surface area contributed by atoms with Crippen LogP contribution < -0.4 is 15.0 Å². The normalized spacial score (nSPS) is 24.8. The molecule has 2 aromatic rings. The lowest BCUT2D eigenvalue weighted by Gasteiger charge is -2.36. The minimum atomic E-state index is -0.552. The Morgan fingerprint density at radius 2 is 1.91 bits per heavy atom. The van der Waals surface area contributed by atoms with Gasteiger partial charge in [0, 0.05) is 58.0 Å². The van der Waals surface area contributed by atoms with Crippen LogP contribution in [-0.4, -0.2) is 39.4 Å². The molecule has 3 atom stereocenters. The largest absolute Gasteiger partial charge is 0.489 e. The number of methoxy groups -OCH3 is 1. The molecule has 1 heterocycles. The molecule has 3 aliphatic rings. The SMILES string of the molecule is COC1(c2cc(F)cc(OCc3ccc(N(C)C(=O)NC4CC5CCC4C5)cc3)c2)CCOCC1. The van der Waals surface area contributed by atoms with Crippen molar-refractivity contribution in [2.75, 3.05) is 32.3 Å². The predicted octanol–water partition coefficient (Wildman–Crippen LogP) is 5.39. The number of rotatable bonds is 7. The molecular weight excluding hydrogens is 447 g/mol. The summed E-state index contributed by atoms with van der Waals surface area (Å²) in [6.45, 7) is 1.47. The lowest BCUT2D eigenvalue weighted by atomic mass is 9.86. The first-order chi connectivity index (χ1) is 17.0. The highest BCUT2D eigenvalue weighted by Crippen LogP contribution is 2.44. The van der Waals surface area contributed by atoms with Crippen molar-refractivity contribution in [1.82, 2.24) is 5.32 Å². The zero-order valence-corrected chi connectivity index (χ0v) is 20.6. The van der Waals surface area contributed by atoms with E-state index in [2.05, 4.69) is 5.32 Å². The van der Waals surface area contributed by atoms with Crippen LogP contribution in [-0.2, 0) is 21.7 Å². The second-order valence-electron chi connectivity index (χ2n) is 10.2. The smallest absolute Gasteiger partial charge is 0.321 e. The molecule has 0 spiro atoms. The molecule has 7 heteroatoms. The summed E-state index contributed by atoms with van der Waals surface area (Å²) in [7, 11) is 3.46. The number of urea groups is 1. The number of ether oxygens (including phenoxy) is 3. The van der Waals surface area contributed by atoms with E-state index in [0.717, 1.165) is 29.2 Å². The van der Waals surface area contributed by atoms with Gasteiger partial charge in [-0.05, 0) is 66.5 Å². The van der Waals surface area contributed by atoms with Crippen LogP contribution in [0.15, 0.2) is 42.5 Å². The second kappa shape index (κ2) is 10.2. The molecule has 6 nitrogen and oxygen atoms in total. The van der Waals surface area contributed by atoms with Gasteiger partial charge < -0.3 is 19.5 Å². The van der Waals surface area contributed by atoms with E-state index in [9.17, 15) is 9.18 Å². The van der Waals surface area contributed by atoms with Crippen molar-refractivity contribution in [3.8, 4) is 5.75 Å². The topological polar surface area (TPSA) is 60.0 Å². The standard InChI is InChI=1S/C28H35FN2O4/c1-31(27(32)30-26-14-20-3-6-21(26)13-20)24-7-4-19(5-8-24)18-35-25-16-22(15-23(29)17-25)28(33-2)9-11-34-12-10-28/h4-5,7-8,15-17,20-21,26H,3,6,9-14,18H2,1-2H3,(H,30,32). The Hall–Kier alpha value is -2.64. The molecule has 0 radical (unpaired) electrons. The van der Waals surface area contributed by atoms with Gasteiger partial charge in [0.15, 0.2) is 0 Å². The summed E-state index contributed by atoms with van der Waals surface area (Å²) < 4.78 is 31.6. The van der Waals surface area contributed by atoms with E-state index in [0.29, 0.717) is 50.4 Å². The maximum Gasteiger partial charge on any atom is 0.321 e. The first kappa shape index (κ1) is 24.1. The fraction of sp³-hybridized carbons (Fsp3) is 0.536. The third-order valence-electron chi connectivity index (χ3n) is 8.17. The Labute approximate surface area is 206 Å². The Balaban J connectivity index is 1.19. The molecule has 2 saturated carbocycles. The van der Waals surface area contributed by atoms with Crippen LogP contribution in [0.3, 0.4) is 0 Å². The number of anilines is 1. The van der Waals surface area contributed by atoms with Gasteiger partial charge in [0.05, 0.1) is 5.60 Å². The fourth-order valence-corrected chi connectivity index (χ4v) is 6.00. The van der Waals surface area contributed by atoms with E-state index in [4.69, 9.17) is 14.2 Å². The van der Waals surface area contributed by atoms with Crippen LogP contribution >= 0.6 is 0 Å². The molecular formula is C28H35FN2O4. The van der Waals surface area contributed by atoms with E-state index >= 15 is 0 Å². The van der Waals surface area contributed by atoms with Crippen LogP contribution in [0.2, 0.25) is 0 Å². The van der Waals surface area contributed by atoms with E-state index in [1.165, 1.54) is 31.4 Å². The van der Waals surface area contributed by atoms with Crippen molar-refractivity contribution in [2.45, 2.75) is 56.8 Å². The number of nitrogens with zero attached hydrogens (tertiary/aromatic N) is 1. The van der Waals surface area contributed by atoms with Crippen LogP contribution in [0, 0.1) is 17.7 Å². The van der Waals surface area contributed by atoms with Crippen LogP contribution in [0.25, 0.3) is 0 Å². The molecule has 188 valence electrons. The van der Waals surface area contributed by atoms with Gasteiger partial charge in [-0.2, -0.15) is 0 Å². The lowest BCUT2D eigenvalue weighted by Crippen LogP contribution is -2.45. The summed E-state index contributed by atoms with van der Waals surface area (Å²) in [5.41, 5.74) is 1.98. The van der Waals surface area contributed by atoms with Gasteiger partial charge in [0.25, 0.3) is 0 Å². The molecule has 2 bridgehead atoms. The Morgan fingerprint density at radius 3 is 2.57 bits per heavy atom. The summed E-state index contributed by atoms with van der Waals surface area (Å²) in [5, 5.41) is 3.22. The van der Waals surface area contributed by atoms with E-state index in [1.807, 2.05) is 30.3 Å². The number of fused-ring (bicyclic) bond motifs is 2. The Kier molecular flexibility index (Phi) is 6.98. The average molecular weight is 483 g/mol. The first-order valence-corrected chi connectivity index (χ1v) is 12.7. The number of hydrogen-bond acceptors (Lipinski definition) is 4. The highest BCUT2D eigenvalue weighted by atomic mass is 19.1. The molecule has 2 aliphatic carbocycles. The van der Waals surface area contributed by atoms with Crippen molar-refractivity contribution >= 4 is 11.7 Å². The molecule has 3 fully saturated rings. The van der Waals surface area contributed by atoms with Gasteiger partial charge in [-0.1, -0.05) is 18.6 Å². The first-order valence-electron chi connectivity index (χ1n) is 12.7. The number of benzene rings is 2. The highest BCUT2D eigenvalue weighted by Gasteiger charge is 2.40. The second-order valence-corrected chi connectivity index (χ2v) is 10.2. The van der Waals surface area contributed by atoms with E-state index in [1.54, 1.807) is 19.1 Å². The van der Waals surface area contributed by atoms with Crippen molar-refractivity contribution in [3.63, 3.8) is 0 Å². The highest BCUT2D eigenvalue weighted by molar-refractivity contribution is 5.91. The number of carbonyl (C=O) groups is 1. The maximum absolute atomic E-state index is 14.4. The molecule has 3 unspecified atom stereocenters. The van der Waals surface area contributed by atoms with Gasteiger partial charge in [0.2, 0.25) is 0 Å². The Morgan fingerprint density at radius 1 is 1.14 bits per heavy atom. The summed E-state index contributed by atoms with van der Waals surface area (Å²) in [6.07, 6.45) is 6.28. The van der Waals surface area contributed by atoms with E-state index < -0.39 is 5.60 Å². The number of carbonyl (C=O) groups excluding carboxylic acids is 1. The van der Waals surface area contributed by atoms with Crippen molar-refractivity contribution in [1.29, 1.82) is 0 Å². The summed E-state index contributed by atoms with van der Waals surface area (Å²) >= 11 is 0. The number of amides is 2. The monoisotopic (exact) mass is 482 g/mol. The van der Waals surface area contributed by atoms with Crippen LogP contribution in [0.5, 0.6) is 5.75 Å². The zero-order chi connectivity index (χ0) is 24.4. The summed E-state index contributed by atoms with van der Waals surface area (Å²) in [6, 6.07) is 12.7. The molecule has 2 amide bonds. The molecule has 1 N–H and O–H groups in total. The lowest BCUT2D eigenvalue weighted by molar-refractivity contribution is -0.0950. The minimum Gasteiger partial charge on any atom is -0.489 e. The van der Waals surface area contributed by atoms with E-state index in [-0.39, 0.29) is 11.8 Å². The Bertz CT molecular complexity index is 1040. The summed E-state index contributed by atoms with van der Waals surface area (Å²) in [5.74, 6) is 1.56. The van der Waals surface area contributed by atoms with Gasteiger partial charge in [-0.25, -0.2) is 9.18 Å². The van der Waals surface area contributed by atoms with Crippen molar-refractivity contribution < 1.29 is 23.4 Å². The minimum absolute atomic E-state index is 0.0565. The molecule has 1 aliphatic heterocycles. The van der Waals surface area contributed by atoms with Gasteiger partial charge in [-0.15, -0.1) is 0 Å². The molecule has 5 rings (SSSR count). The third-order valence-corrected chi connectivity index (χ3v) is 8.17. The van der Waals surface area contributed by atoms with Crippen molar-refractivity contribution in [3.05, 3.63) is 59.4 Å². The summed E-state index contributed by atoms with van der Waals surface area (Å²) in [4.78, 5) is 14.4. The number of nitrogens with one attached hydrogen (secondary N) is 1. The quantitative estimate of drug-likeness (QED) is 0.575. The maximum atomic E-state index is 14.4. The zero-order valence-electron chi connectivity index (χ0n) is 20.6. The van der Waals surface area contributed by atoms with Crippen LogP contribution in [0.1, 0.15) is 49.7 Å².